The highest BCUT2D eigenvalue weighted by Gasteiger charge is 2.33. The number of rotatable bonds is 4. The molecular weight excluding hydrogens is 262 g/mol. The summed E-state index contributed by atoms with van der Waals surface area (Å²) >= 11 is 0. The van der Waals surface area contributed by atoms with Gasteiger partial charge in [0, 0.05) is 19.1 Å². The Bertz CT molecular complexity index is 453. The van der Waals surface area contributed by atoms with E-state index >= 15 is 0 Å². The first kappa shape index (κ1) is 15.0. The van der Waals surface area contributed by atoms with Gasteiger partial charge >= 0.3 is 0 Å². The molecule has 116 valence electrons. The summed E-state index contributed by atoms with van der Waals surface area (Å²) in [6, 6.07) is 10.7. The van der Waals surface area contributed by atoms with Crippen LogP contribution in [-0.2, 0) is 5.54 Å². The van der Waals surface area contributed by atoms with E-state index in [0.717, 1.165) is 25.2 Å². The average molecular weight is 289 g/mol. The minimum atomic E-state index is -0.658. The van der Waals surface area contributed by atoms with E-state index in [4.69, 9.17) is 5.73 Å². The van der Waals surface area contributed by atoms with Gasteiger partial charge in [-0.3, -0.25) is 9.80 Å². The van der Waals surface area contributed by atoms with Crippen LogP contribution in [0.25, 0.3) is 0 Å². The van der Waals surface area contributed by atoms with E-state index in [9.17, 15) is 5.11 Å². The summed E-state index contributed by atoms with van der Waals surface area (Å²) in [6.45, 7) is 5.36. The second-order valence-electron chi connectivity index (χ2n) is 6.60. The molecule has 4 nitrogen and oxygen atoms in total. The Hall–Kier alpha value is -0.940. The van der Waals surface area contributed by atoms with Crippen LogP contribution in [0.5, 0.6) is 0 Å². The molecule has 2 unspecified atom stereocenters. The van der Waals surface area contributed by atoms with Crippen molar-refractivity contribution in [2.24, 2.45) is 5.73 Å². The number of hydrogen-bond acceptors (Lipinski definition) is 4. The third kappa shape index (κ3) is 3.29. The van der Waals surface area contributed by atoms with Crippen LogP contribution in [0.1, 0.15) is 24.8 Å². The summed E-state index contributed by atoms with van der Waals surface area (Å²) < 4.78 is 0. The fourth-order valence-corrected chi connectivity index (χ4v) is 3.83. The minimum Gasteiger partial charge on any atom is -0.394 e. The molecule has 21 heavy (non-hydrogen) atoms. The summed E-state index contributed by atoms with van der Waals surface area (Å²) in [6.07, 6.45) is 3.83. The van der Waals surface area contributed by atoms with Crippen LogP contribution in [0.3, 0.4) is 0 Å². The molecule has 3 N–H and O–H groups in total. The van der Waals surface area contributed by atoms with Gasteiger partial charge in [0.25, 0.3) is 0 Å². The second-order valence-corrected chi connectivity index (χ2v) is 6.60. The molecule has 1 aromatic rings. The van der Waals surface area contributed by atoms with Crippen molar-refractivity contribution in [3.05, 3.63) is 35.9 Å². The molecule has 3 rings (SSSR count). The smallest absolute Gasteiger partial charge is 0.0772 e. The van der Waals surface area contributed by atoms with E-state index in [1.165, 1.54) is 32.4 Å². The Morgan fingerprint density at radius 2 is 1.90 bits per heavy atom. The topological polar surface area (TPSA) is 52.7 Å². The number of hydrogen-bond donors (Lipinski definition) is 2. The number of benzene rings is 1. The van der Waals surface area contributed by atoms with Crippen molar-refractivity contribution < 1.29 is 5.11 Å². The maximum absolute atomic E-state index is 9.87. The first-order valence-electron chi connectivity index (χ1n) is 8.13. The second kappa shape index (κ2) is 6.44. The fraction of sp³-hybridized carbons (Fsp3) is 0.647. The number of fused-ring (bicyclic) bond motifs is 1. The average Bonchev–Trinajstić information content (AvgIpc) is 2.87. The van der Waals surface area contributed by atoms with E-state index in [0.29, 0.717) is 6.04 Å². The standard InChI is InChI=1S/C17H27N3O/c18-17(14-21,15-6-2-1-3-7-15)13-19-9-5-11-20-10-4-8-16(20)12-19/h1-3,6-7,16,21H,4-5,8-14,18H2. The first-order chi connectivity index (χ1) is 10.2. The predicted molar refractivity (Wildman–Crippen MR) is 85.0 cm³/mol. The van der Waals surface area contributed by atoms with Crippen LogP contribution >= 0.6 is 0 Å². The van der Waals surface area contributed by atoms with E-state index in [1.807, 2.05) is 30.3 Å². The number of aliphatic hydroxyl groups is 1. The van der Waals surface area contributed by atoms with Crippen LogP contribution in [0.2, 0.25) is 0 Å². The lowest BCUT2D eigenvalue weighted by Crippen LogP contribution is -2.52. The molecule has 1 aromatic carbocycles. The molecule has 0 amide bonds. The van der Waals surface area contributed by atoms with Gasteiger partial charge in [0.05, 0.1) is 12.1 Å². The van der Waals surface area contributed by atoms with E-state index in [1.54, 1.807) is 0 Å². The van der Waals surface area contributed by atoms with Crippen LogP contribution < -0.4 is 5.73 Å². The van der Waals surface area contributed by atoms with Gasteiger partial charge in [-0.05, 0) is 44.5 Å². The lowest BCUT2D eigenvalue weighted by Gasteiger charge is -2.35. The zero-order valence-electron chi connectivity index (χ0n) is 12.7. The molecule has 2 aliphatic heterocycles. The highest BCUT2D eigenvalue weighted by Crippen LogP contribution is 2.24. The van der Waals surface area contributed by atoms with Crippen LogP contribution in [0.15, 0.2) is 30.3 Å². The van der Waals surface area contributed by atoms with E-state index < -0.39 is 5.54 Å². The first-order valence-corrected chi connectivity index (χ1v) is 8.13. The van der Waals surface area contributed by atoms with Gasteiger partial charge in [-0.2, -0.15) is 0 Å². The predicted octanol–water partition coefficient (Wildman–Crippen LogP) is 1.00. The Kier molecular flexibility index (Phi) is 4.60. The summed E-state index contributed by atoms with van der Waals surface area (Å²) in [5.74, 6) is 0. The monoisotopic (exact) mass is 289 g/mol. The van der Waals surface area contributed by atoms with Crippen LogP contribution in [-0.4, -0.2) is 60.3 Å². The molecular formula is C17H27N3O. The number of aliphatic hydroxyl groups excluding tert-OH is 1. The molecule has 2 heterocycles. The van der Waals surface area contributed by atoms with Gasteiger partial charge in [-0.15, -0.1) is 0 Å². The fourth-order valence-electron chi connectivity index (χ4n) is 3.83. The Morgan fingerprint density at radius 3 is 2.67 bits per heavy atom. The largest absolute Gasteiger partial charge is 0.394 e. The lowest BCUT2D eigenvalue weighted by atomic mass is 9.91. The summed E-state index contributed by atoms with van der Waals surface area (Å²) in [5, 5.41) is 9.87. The van der Waals surface area contributed by atoms with Crippen LogP contribution in [0, 0.1) is 0 Å². The highest BCUT2D eigenvalue weighted by atomic mass is 16.3. The molecule has 0 spiro atoms. The molecule has 2 atom stereocenters. The van der Waals surface area contributed by atoms with Gasteiger partial charge in [0.2, 0.25) is 0 Å². The molecule has 2 aliphatic rings. The summed E-state index contributed by atoms with van der Waals surface area (Å²) in [4.78, 5) is 5.08. The number of nitrogens with two attached hydrogens (primary N) is 1. The molecule has 0 aliphatic carbocycles. The molecule has 2 saturated heterocycles. The lowest BCUT2D eigenvalue weighted by molar-refractivity contribution is 0.129. The van der Waals surface area contributed by atoms with E-state index in [-0.39, 0.29) is 6.61 Å². The normalized spacial score (nSPS) is 27.0. The molecule has 4 heteroatoms. The van der Waals surface area contributed by atoms with Gasteiger partial charge in [0.1, 0.15) is 0 Å². The maximum atomic E-state index is 9.87. The summed E-state index contributed by atoms with van der Waals surface area (Å²) in [5.41, 5.74) is 6.90. The SMILES string of the molecule is NC(CO)(CN1CCCN2CCCC2C1)c1ccccc1. The zero-order valence-corrected chi connectivity index (χ0v) is 12.7. The van der Waals surface area contributed by atoms with Crippen molar-refractivity contribution in [3.63, 3.8) is 0 Å². The quantitative estimate of drug-likeness (QED) is 0.868. The maximum Gasteiger partial charge on any atom is 0.0772 e. The highest BCUT2D eigenvalue weighted by molar-refractivity contribution is 5.24. The van der Waals surface area contributed by atoms with E-state index in [2.05, 4.69) is 9.80 Å². The third-order valence-corrected chi connectivity index (χ3v) is 5.02. The Balaban J connectivity index is 1.71. The molecule has 2 fully saturated rings. The molecule has 0 saturated carbocycles. The van der Waals surface area contributed by atoms with Crippen molar-refractivity contribution in [2.75, 3.05) is 39.3 Å². The Morgan fingerprint density at radius 1 is 1.14 bits per heavy atom. The third-order valence-electron chi connectivity index (χ3n) is 5.02. The van der Waals surface area contributed by atoms with Gasteiger partial charge in [0.15, 0.2) is 0 Å². The molecule has 0 bridgehead atoms. The van der Waals surface area contributed by atoms with Gasteiger partial charge < -0.3 is 10.8 Å². The Labute approximate surface area is 127 Å². The van der Waals surface area contributed by atoms with Crippen molar-refractivity contribution >= 4 is 0 Å². The van der Waals surface area contributed by atoms with Gasteiger partial charge in [-0.1, -0.05) is 30.3 Å². The van der Waals surface area contributed by atoms with Crippen molar-refractivity contribution in [3.8, 4) is 0 Å². The molecule has 0 aromatic heterocycles. The van der Waals surface area contributed by atoms with Crippen molar-refractivity contribution in [1.82, 2.24) is 9.80 Å². The summed E-state index contributed by atoms with van der Waals surface area (Å²) in [7, 11) is 0. The molecule has 0 radical (unpaired) electrons. The minimum absolute atomic E-state index is 0.0120. The van der Waals surface area contributed by atoms with Crippen molar-refractivity contribution in [1.29, 1.82) is 0 Å². The van der Waals surface area contributed by atoms with Crippen molar-refractivity contribution in [2.45, 2.75) is 30.8 Å². The van der Waals surface area contributed by atoms with Crippen LogP contribution in [0.4, 0.5) is 0 Å². The number of nitrogens with zero attached hydrogens (tertiary/aromatic N) is 2. The van der Waals surface area contributed by atoms with Gasteiger partial charge in [-0.25, -0.2) is 0 Å². The zero-order chi connectivity index (χ0) is 14.7.